The normalized spacial score (nSPS) is 12.0. The Kier molecular flexibility index (Phi) is 3.63. The molecule has 1 aromatic heterocycles. The van der Waals surface area contributed by atoms with Crippen molar-refractivity contribution >= 4 is 5.69 Å². The van der Waals surface area contributed by atoms with E-state index in [-0.39, 0.29) is 5.69 Å². The SMILES string of the molecule is NC(c1ccccc1)c1nc(-c2ccc([N+](=O)[O-])cc2)n[nH]1. The number of benzene rings is 2. The molecule has 7 nitrogen and oxygen atoms in total. The lowest BCUT2D eigenvalue weighted by Crippen LogP contribution is -2.13. The molecule has 0 saturated carbocycles. The fourth-order valence-electron chi connectivity index (χ4n) is 2.09. The van der Waals surface area contributed by atoms with Crippen LogP contribution >= 0.6 is 0 Å². The molecule has 0 amide bonds. The van der Waals surface area contributed by atoms with Crippen LogP contribution in [0.15, 0.2) is 54.6 Å². The number of nitrogens with two attached hydrogens (primary N) is 1. The van der Waals surface area contributed by atoms with Crippen molar-refractivity contribution in [2.45, 2.75) is 6.04 Å². The Morgan fingerprint density at radius 1 is 1.09 bits per heavy atom. The molecular formula is C15H13N5O2. The van der Waals surface area contributed by atoms with E-state index in [0.717, 1.165) is 5.56 Å². The summed E-state index contributed by atoms with van der Waals surface area (Å²) in [6, 6.07) is 15.2. The van der Waals surface area contributed by atoms with Gasteiger partial charge in [0.2, 0.25) is 0 Å². The van der Waals surface area contributed by atoms with E-state index in [1.54, 1.807) is 12.1 Å². The summed E-state index contributed by atoms with van der Waals surface area (Å²) in [4.78, 5) is 14.6. The van der Waals surface area contributed by atoms with Gasteiger partial charge in [-0.1, -0.05) is 30.3 Å². The predicted molar refractivity (Wildman–Crippen MR) is 80.9 cm³/mol. The number of H-pyrrole nitrogens is 1. The van der Waals surface area contributed by atoms with Gasteiger partial charge in [0.1, 0.15) is 5.82 Å². The van der Waals surface area contributed by atoms with Crippen molar-refractivity contribution < 1.29 is 4.92 Å². The molecule has 3 rings (SSSR count). The molecule has 7 heteroatoms. The van der Waals surface area contributed by atoms with Crippen LogP contribution in [0.3, 0.4) is 0 Å². The molecule has 0 spiro atoms. The number of nitrogens with zero attached hydrogens (tertiary/aromatic N) is 3. The molecule has 1 unspecified atom stereocenters. The molecule has 0 aliphatic carbocycles. The third kappa shape index (κ3) is 2.70. The second kappa shape index (κ2) is 5.74. The summed E-state index contributed by atoms with van der Waals surface area (Å²) in [6.07, 6.45) is 0. The zero-order valence-electron chi connectivity index (χ0n) is 11.5. The third-order valence-electron chi connectivity index (χ3n) is 3.29. The van der Waals surface area contributed by atoms with Crippen LogP contribution in [0.2, 0.25) is 0 Å². The Morgan fingerprint density at radius 2 is 1.77 bits per heavy atom. The van der Waals surface area contributed by atoms with Crippen molar-refractivity contribution in [2.24, 2.45) is 5.73 Å². The summed E-state index contributed by atoms with van der Waals surface area (Å²) in [7, 11) is 0. The molecule has 2 aromatic carbocycles. The molecule has 0 aliphatic rings. The first-order valence-corrected chi connectivity index (χ1v) is 6.63. The van der Waals surface area contributed by atoms with Crippen LogP contribution in [0.1, 0.15) is 17.4 Å². The van der Waals surface area contributed by atoms with Crippen LogP contribution in [0.25, 0.3) is 11.4 Å². The zero-order chi connectivity index (χ0) is 15.5. The van der Waals surface area contributed by atoms with Gasteiger partial charge in [-0.2, -0.15) is 5.10 Å². The first kappa shape index (κ1) is 13.9. The van der Waals surface area contributed by atoms with Gasteiger partial charge in [-0.3, -0.25) is 15.2 Å². The minimum atomic E-state index is -0.446. The van der Waals surface area contributed by atoms with E-state index in [1.165, 1.54) is 12.1 Å². The summed E-state index contributed by atoms with van der Waals surface area (Å²) in [6.45, 7) is 0. The number of rotatable bonds is 4. The number of nitro groups is 1. The van der Waals surface area contributed by atoms with Crippen LogP contribution in [0, 0.1) is 10.1 Å². The Hall–Kier alpha value is -3.06. The summed E-state index contributed by atoms with van der Waals surface area (Å²) >= 11 is 0. The van der Waals surface area contributed by atoms with Crippen LogP contribution in [-0.2, 0) is 0 Å². The number of non-ortho nitro benzene ring substituents is 1. The summed E-state index contributed by atoms with van der Waals surface area (Å²) in [5.74, 6) is 0.996. The van der Waals surface area contributed by atoms with Crippen molar-refractivity contribution in [3.8, 4) is 11.4 Å². The smallest absolute Gasteiger partial charge is 0.269 e. The fraction of sp³-hybridized carbons (Fsp3) is 0.0667. The highest BCUT2D eigenvalue weighted by atomic mass is 16.6. The van der Waals surface area contributed by atoms with Gasteiger partial charge in [-0.05, 0) is 17.7 Å². The first-order chi connectivity index (χ1) is 10.6. The lowest BCUT2D eigenvalue weighted by Gasteiger charge is -2.07. The Balaban J connectivity index is 1.86. The van der Waals surface area contributed by atoms with Gasteiger partial charge in [0, 0.05) is 17.7 Å². The van der Waals surface area contributed by atoms with Gasteiger partial charge in [0.15, 0.2) is 5.82 Å². The van der Waals surface area contributed by atoms with Gasteiger partial charge >= 0.3 is 0 Å². The molecule has 22 heavy (non-hydrogen) atoms. The summed E-state index contributed by atoms with van der Waals surface area (Å²) in [5.41, 5.74) is 7.79. The van der Waals surface area contributed by atoms with E-state index in [0.29, 0.717) is 17.2 Å². The molecule has 0 bridgehead atoms. The van der Waals surface area contributed by atoms with Gasteiger partial charge in [0.25, 0.3) is 5.69 Å². The maximum atomic E-state index is 10.7. The average molecular weight is 295 g/mol. The van der Waals surface area contributed by atoms with Crippen molar-refractivity contribution in [3.05, 3.63) is 76.1 Å². The topological polar surface area (TPSA) is 111 Å². The average Bonchev–Trinajstić information content (AvgIpc) is 3.05. The predicted octanol–water partition coefficient (Wildman–Crippen LogP) is 2.43. The number of nitro benzene ring substituents is 1. The lowest BCUT2D eigenvalue weighted by atomic mass is 10.1. The molecule has 3 aromatic rings. The van der Waals surface area contributed by atoms with Crippen molar-refractivity contribution in [3.63, 3.8) is 0 Å². The molecule has 0 saturated heterocycles. The van der Waals surface area contributed by atoms with Gasteiger partial charge < -0.3 is 5.73 Å². The quantitative estimate of drug-likeness (QED) is 0.567. The molecule has 0 aliphatic heterocycles. The van der Waals surface area contributed by atoms with Crippen molar-refractivity contribution in [1.82, 2.24) is 15.2 Å². The van der Waals surface area contributed by atoms with Crippen LogP contribution < -0.4 is 5.73 Å². The monoisotopic (exact) mass is 295 g/mol. The van der Waals surface area contributed by atoms with E-state index >= 15 is 0 Å². The van der Waals surface area contributed by atoms with E-state index in [2.05, 4.69) is 15.2 Å². The molecular weight excluding hydrogens is 282 g/mol. The molecule has 1 heterocycles. The number of aromatic nitrogens is 3. The first-order valence-electron chi connectivity index (χ1n) is 6.63. The molecule has 0 radical (unpaired) electrons. The Bertz CT molecular complexity index is 783. The van der Waals surface area contributed by atoms with Crippen LogP contribution in [0.5, 0.6) is 0 Å². The molecule has 1 atom stereocenters. The highest BCUT2D eigenvalue weighted by Crippen LogP contribution is 2.22. The van der Waals surface area contributed by atoms with Gasteiger partial charge in [0.05, 0.1) is 11.0 Å². The molecule has 0 fully saturated rings. The van der Waals surface area contributed by atoms with E-state index in [4.69, 9.17) is 5.73 Å². The number of hydrogen-bond acceptors (Lipinski definition) is 5. The summed E-state index contributed by atoms with van der Waals surface area (Å²) in [5, 5.41) is 17.6. The van der Waals surface area contributed by atoms with E-state index in [1.807, 2.05) is 30.3 Å². The minimum Gasteiger partial charge on any atom is -0.318 e. The van der Waals surface area contributed by atoms with Crippen LogP contribution in [-0.4, -0.2) is 20.1 Å². The van der Waals surface area contributed by atoms with E-state index < -0.39 is 11.0 Å². The maximum absolute atomic E-state index is 10.7. The lowest BCUT2D eigenvalue weighted by molar-refractivity contribution is -0.384. The second-order valence-corrected chi connectivity index (χ2v) is 4.74. The van der Waals surface area contributed by atoms with E-state index in [9.17, 15) is 10.1 Å². The third-order valence-corrected chi connectivity index (χ3v) is 3.29. The highest BCUT2D eigenvalue weighted by Gasteiger charge is 2.15. The van der Waals surface area contributed by atoms with Crippen molar-refractivity contribution in [1.29, 1.82) is 0 Å². The zero-order valence-corrected chi connectivity index (χ0v) is 11.5. The number of nitrogens with one attached hydrogen (secondary N) is 1. The second-order valence-electron chi connectivity index (χ2n) is 4.74. The molecule has 110 valence electrons. The fourth-order valence-corrected chi connectivity index (χ4v) is 2.09. The largest absolute Gasteiger partial charge is 0.318 e. The standard InChI is InChI=1S/C15H13N5O2/c16-13(10-4-2-1-3-5-10)15-17-14(18-19-15)11-6-8-12(9-7-11)20(21)22/h1-9,13H,16H2,(H,17,18,19). The number of aromatic amines is 1. The van der Waals surface area contributed by atoms with Gasteiger partial charge in [-0.25, -0.2) is 4.98 Å². The Morgan fingerprint density at radius 3 is 2.41 bits per heavy atom. The number of hydrogen-bond donors (Lipinski definition) is 2. The van der Waals surface area contributed by atoms with Crippen molar-refractivity contribution in [2.75, 3.05) is 0 Å². The molecule has 3 N–H and O–H groups in total. The highest BCUT2D eigenvalue weighted by molar-refractivity contribution is 5.57. The maximum Gasteiger partial charge on any atom is 0.269 e. The van der Waals surface area contributed by atoms with Gasteiger partial charge in [-0.15, -0.1) is 0 Å². The summed E-state index contributed by atoms with van der Waals surface area (Å²) < 4.78 is 0. The Labute approximate surface area is 126 Å². The van der Waals surface area contributed by atoms with Crippen LogP contribution in [0.4, 0.5) is 5.69 Å². The minimum absolute atomic E-state index is 0.0282.